The van der Waals surface area contributed by atoms with Crippen molar-refractivity contribution in [1.82, 2.24) is 10.2 Å². The van der Waals surface area contributed by atoms with Crippen molar-refractivity contribution in [2.75, 3.05) is 40.0 Å². The van der Waals surface area contributed by atoms with Gasteiger partial charge in [0.05, 0.1) is 13.2 Å². The maximum Gasteiger partial charge on any atom is 0.341 e. The van der Waals surface area contributed by atoms with Crippen LogP contribution in [0.3, 0.4) is 0 Å². The smallest absolute Gasteiger partial charge is 0.341 e. The molecule has 0 aromatic heterocycles. The molecule has 9 heteroatoms. The molecule has 1 aliphatic rings. The number of ether oxygens (including phenoxy) is 2. The fourth-order valence-corrected chi connectivity index (χ4v) is 3.74. The van der Waals surface area contributed by atoms with Crippen LogP contribution in [0.15, 0.2) is 71.6 Å². The molecule has 4 rings (SSSR count). The van der Waals surface area contributed by atoms with Crippen LogP contribution in [0, 0.1) is 5.82 Å². The van der Waals surface area contributed by atoms with Crippen LogP contribution in [0.5, 0.6) is 5.75 Å². The summed E-state index contributed by atoms with van der Waals surface area (Å²) in [7, 11) is 1.86. The van der Waals surface area contributed by atoms with Gasteiger partial charge < -0.3 is 24.8 Å². The quantitative estimate of drug-likeness (QED) is 0.413. The van der Waals surface area contributed by atoms with Gasteiger partial charge in [-0.25, -0.2) is 9.18 Å². The lowest BCUT2D eigenvalue weighted by molar-refractivity contribution is -0.139. The molecule has 7 nitrogen and oxygen atoms in total. The molecule has 0 bridgehead atoms. The van der Waals surface area contributed by atoms with Gasteiger partial charge in [-0.3, -0.25) is 4.79 Å². The number of carboxylic acid groups (broad SMARTS) is 1. The fourth-order valence-electron chi connectivity index (χ4n) is 3.59. The number of hydrogen-bond acceptors (Lipinski definition) is 6. The largest absolute Gasteiger partial charge is 0.481 e. The normalized spacial score (nSPS) is 12.9. The minimum atomic E-state index is -1.04. The van der Waals surface area contributed by atoms with Crippen LogP contribution in [0.4, 0.5) is 4.39 Å². The van der Waals surface area contributed by atoms with Crippen molar-refractivity contribution in [3.05, 3.63) is 83.7 Å². The summed E-state index contributed by atoms with van der Waals surface area (Å²) in [5.41, 5.74) is 3.18. The van der Waals surface area contributed by atoms with Gasteiger partial charge in [0.2, 0.25) is 0 Å². The summed E-state index contributed by atoms with van der Waals surface area (Å²) in [6.45, 7) is 2.49. The van der Waals surface area contributed by atoms with E-state index in [1.54, 1.807) is 29.2 Å². The van der Waals surface area contributed by atoms with E-state index in [1.807, 2.05) is 37.4 Å². The summed E-state index contributed by atoms with van der Waals surface area (Å²) < 4.78 is 22.8. The van der Waals surface area contributed by atoms with Crippen molar-refractivity contribution in [3.63, 3.8) is 0 Å². The first-order valence-electron chi connectivity index (χ1n) is 11.4. The number of carbonyl (C=O) groups excluding carboxylic acids is 1. The standard InChI is InChI=1S/C21H24N2O5.C6H5FS/c1-22-13-15-5-6-19(28-14-20(24)25)18(11-15)16-3-2-4-17(12-16)21(26)23-7-9-27-10-8-23;7-5-1-3-6(8)4-2-5/h2-6,11-12,22H,7-10,13-14H2,1H3,(H,24,25);1-4,8H. The molecule has 1 fully saturated rings. The van der Waals surface area contributed by atoms with E-state index in [4.69, 9.17) is 14.6 Å². The van der Waals surface area contributed by atoms with Crippen LogP contribution in [-0.4, -0.2) is 61.8 Å². The summed E-state index contributed by atoms with van der Waals surface area (Å²) in [4.78, 5) is 26.3. The molecule has 3 aromatic carbocycles. The molecule has 0 spiro atoms. The monoisotopic (exact) mass is 512 g/mol. The number of morpholine rings is 1. The third-order valence-corrected chi connectivity index (χ3v) is 5.62. The number of benzene rings is 3. The molecule has 1 amide bonds. The van der Waals surface area contributed by atoms with Gasteiger partial charge in [-0.2, -0.15) is 0 Å². The third kappa shape index (κ3) is 8.08. The Balaban J connectivity index is 0.000000383. The van der Waals surface area contributed by atoms with E-state index in [9.17, 15) is 14.0 Å². The number of nitrogens with one attached hydrogen (secondary N) is 1. The van der Waals surface area contributed by atoms with Crippen LogP contribution in [0.25, 0.3) is 11.1 Å². The van der Waals surface area contributed by atoms with Crippen molar-refractivity contribution in [1.29, 1.82) is 0 Å². The summed E-state index contributed by atoms with van der Waals surface area (Å²) in [5, 5.41) is 12.0. The lowest BCUT2D eigenvalue weighted by Gasteiger charge is -2.27. The number of carboxylic acids is 1. The van der Waals surface area contributed by atoms with Crippen LogP contribution in [0.2, 0.25) is 0 Å². The summed E-state index contributed by atoms with van der Waals surface area (Å²) in [6, 6.07) is 18.9. The second-order valence-electron chi connectivity index (χ2n) is 8.01. The van der Waals surface area contributed by atoms with E-state index in [2.05, 4.69) is 17.9 Å². The summed E-state index contributed by atoms with van der Waals surface area (Å²) in [5.74, 6) is -0.827. The van der Waals surface area contributed by atoms with Crippen molar-refractivity contribution in [3.8, 4) is 16.9 Å². The Morgan fingerprint density at radius 1 is 1.08 bits per heavy atom. The minimum absolute atomic E-state index is 0.0375. The highest BCUT2D eigenvalue weighted by Gasteiger charge is 2.19. The molecule has 1 aliphatic heterocycles. The molecule has 0 unspecified atom stereocenters. The van der Waals surface area contributed by atoms with E-state index < -0.39 is 12.6 Å². The van der Waals surface area contributed by atoms with E-state index in [1.165, 1.54) is 12.1 Å². The number of hydrogen-bond donors (Lipinski definition) is 3. The highest BCUT2D eigenvalue weighted by Crippen LogP contribution is 2.32. The number of thiol groups is 1. The van der Waals surface area contributed by atoms with Gasteiger partial charge in [0.1, 0.15) is 11.6 Å². The molecule has 1 heterocycles. The zero-order valence-electron chi connectivity index (χ0n) is 19.9. The number of aliphatic carboxylic acids is 1. The Labute approximate surface area is 215 Å². The maximum absolute atomic E-state index is 12.8. The fraction of sp³-hybridized carbons (Fsp3) is 0.259. The van der Waals surface area contributed by atoms with Crippen molar-refractivity contribution in [2.24, 2.45) is 0 Å². The molecule has 190 valence electrons. The Morgan fingerprint density at radius 2 is 1.81 bits per heavy atom. The zero-order valence-corrected chi connectivity index (χ0v) is 20.8. The van der Waals surface area contributed by atoms with Gasteiger partial charge in [0.25, 0.3) is 5.91 Å². The first-order valence-corrected chi connectivity index (χ1v) is 11.9. The molecule has 3 aromatic rings. The van der Waals surface area contributed by atoms with Gasteiger partial charge in [-0.1, -0.05) is 18.2 Å². The molecule has 0 aliphatic carbocycles. The van der Waals surface area contributed by atoms with Crippen molar-refractivity contribution < 1.29 is 28.6 Å². The van der Waals surface area contributed by atoms with Gasteiger partial charge in [-0.05, 0) is 66.7 Å². The molecule has 36 heavy (non-hydrogen) atoms. The minimum Gasteiger partial charge on any atom is -0.481 e. The maximum atomic E-state index is 12.8. The van der Waals surface area contributed by atoms with Crippen LogP contribution in [0.1, 0.15) is 15.9 Å². The summed E-state index contributed by atoms with van der Waals surface area (Å²) in [6.07, 6.45) is 0. The van der Waals surface area contributed by atoms with E-state index in [0.717, 1.165) is 21.6 Å². The van der Waals surface area contributed by atoms with E-state index >= 15 is 0 Å². The predicted molar refractivity (Wildman–Crippen MR) is 138 cm³/mol. The van der Waals surface area contributed by atoms with Crippen LogP contribution in [-0.2, 0) is 16.1 Å². The van der Waals surface area contributed by atoms with Crippen molar-refractivity contribution in [2.45, 2.75) is 11.4 Å². The molecule has 0 saturated carbocycles. The Kier molecular flexibility index (Phi) is 10.3. The van der Waals surface area contributed by atoms with Gasteiger partial charge >= 0.3 is 5.97 Å². The summed E-state index contributed by atoms with van der Waals surface area (Å²) >= 11 is 3.97. The Morgan fingerprint density at radius 3 is 2.44 bits per heavy atom. The lowest BCUT2D eigenvalue weighted by atomic mass is 9.99. The molecular weight excluding hydrogens is 483 g/mol. The topological polar surface area (TPSA) is 88.1 Å². The van der Waals surface area contributed by atoms with Crippen LogP contribution >= 0.6 is 12.6 Å². The molecule has 0 atom stereocenters. The number of carbonyl (C=O) groups is 2. The average molecular weight is 513 g/mol. The molecule has 0 radical (unpaired) electrons. The third-order valence-electron chi connectivity index (χ3n) is 5.32. The second kappa shape index (κ2) is 13.6. The first-order chi connectivity index (χ1) is 17.4. The highest BCUT2D eigenvalue weighted by atomic mass is 32.1. The van der Waals surface area contributed by atoms with Gasteiger partial charge in [0, 0.05) is 35.7 Å². The Hall–Kier alpha value is -3.40. The van der Waals surface area contributed by atoms with Crippen LogP contribution < -0.4 is 10.1 Å². The zero-order chi connectivity index (χ0) is 25.9. The average Bonchev–Trinajstić information content (AvgIpc) is 2.90. The van der Waals surface area contributed by atoms with Gasteiger partial charge in [-0.15, -0.1) is 12.6 Å². The predicted octanol–water partition coefficient (Wildman–Crippen LogP) is 4.12. The number of nitrogens with zero attached hydrogens (tertiary/aromatic N) is 1. The Bertz CT molecular complexity index is 1150. The highest BCUT2D eigenvalue weighted by molar-refractivity contribution is 7.80. The van der Waals surface area contributed by atoms with E-state index in [0.29, 0.717) is 44.2 Å². The molecule has 2 N–H and O–H groups in total. The second-order valence-corrected chi connectivity index (χ2v) is 8.52. The number of halogens is 1. The number of amides is 1. The first kappa shape index (κ1) is 27.2. The van der Waals surface area contributed by atoms with E-state index in [-0.39, 0.29) is 11.7 Å². The SMILES string of the molecule is CNCc1ccc(OCC(=O)O)c(-c2cccc(C(=O)N3CCOCC3)c2)c1.Fc1ccc(S)cc1. The molecular formula is C27H29FN2O5S. The van der Waals surface area contributed by atoms with Crippen molar-refractivity contribution >= 4 is 24.5 Å². The lowest BCUT2D eigenvalue weighted by Crippen LogP contribution is -2.40. The van der Waals surface area contributed by atoms with Gasteiger partial charge in [0.15, 0.2) is 6.61 Å². The number of rotatable bonds is 7. The molecule has 1 saturated heterocycles.